The molecule has 4 aromatic rings. The Hall–Kier alpha value is -3.69. The monoisotopic (exact) mass is 401 g/mol. The van der Waals surface area contributed by atoms with Gasteiger partial charge in [0.25, 0.3) is 5.56 Å². The third kappa shape index (κ3) is 4.26. The van der Waals surface area contributed by atoms with Gasteiger partial charge in [0.15, 0.2) is 5.69 Å². The van der Waals surface area contributed by atoms with Gasteiger partial charge in [-0.1, -0.05) is 41.9 Å². The van der Waals surface area contributed by atoms with Gasteiger partial charge in [0.05, 0.1) is 24.5 Å². The van der Waals surface area contributed by atoms with Crippen molar-refractivity contribution in [2.24, 2.45) is 0 Å². The van der Waals surface area contributed by atoms with Gasteiger partial charge in [0.1, 0.15) is 5.82 Å². The standard InChI is InChI=1S/C22H16ClN5O/c1-24-19-6-2-16(3-7-19)10-20-12-25-15-27(20)13-17-4-8-21(26-11-17)28-14-18(23)5-9-22(28)29/h2-9,11-12,14-15H,10,13H2. The van der Waals surface area contributed by atoms with E-state index in [0.717, 1.165) is 23.2 Å². The summed E-state index contributed by atoms with van der Waals surface area (Å²) in [6.07, 6.45) is 7.66. The normalized spacial score (nSPS) is 10.6. The van der Waals surface area contributed by atoms with Crippen molar-refractivity contribution >= 4 is 17.3 Å². The van der Waals surface area contributed by atoms with Gasteiger partial charge >= 0.3 is 0 Å². The molecule has 3 aromatic heterocycles. The van der Waals surface area contributed by atoms with Crippen LogP contribution < -0.4 is 5.56 Å². The molecular formula is C22H16ClN5O. The van der Waals surface area contributed by atoms with Crippen LogP contribution in [0.4, 0.5) is 5.69 Å². The fourth-order valence-electron chi connectivity index (χ4n) is 3.02. The van der Waals surface area contributed by atoms with Gasteiger partial charge in [-0.05, 0) is 23.3 Å². The van der Waals surface area contributed by atoms with Crippen LogP contribution >= 0.6 is 11.6 Å². The molecule has 0 atom stereocenters. The lowest BCUT2D eigenvalue weighted by Gasteiger charge is -2.10. The zero-order valence-electron chi connectivity index (χ0n) is 15.4. The SMILES string of the molecule is [C-]#[N+]c1ccc(Cc2cncn2Cc2ccc(-n3cc(Cl)ccc3=O)nc2)cc1. The maximum Gasteiger partial charge on any atom is 0.256 e. The molecule has 0 aliphatic carbocycles. The zero-order chi connectivity index (χ0) is 20.2. The van der Waals surface area contributed by atoms with Crippen molar-refractivity contribution in [1.29, 1.82) is 0 Å². The van der Waals surface area contributed by atoms with Crippen LogP contribution in [0.3, 0.4) is 0 Å². The number of hydrogen-bond acceptors (Lipinski definition) is 3. The molecule has 0 amide bonds. The Balaban J connectivity index is 1.51. The lowest BCUT2D eigenvalue weighted by atomic mass is 10.1. The van der Waals surface area contributed by atoms with Crippen LogP contribution in [-0.4, -0.2) is 19.1 Å². The summed E-state index contributed by atoms with van der Waals surface area (Å²) in [6.45, 7) is 7.66. The first-order chi connectivity index (χ1) is 14.1. The van der Waals surface area contributed by atoms with Gasteiger partial charge in [0, 0.05) is 36.8 Å². The first-order valence-electron chi connectivity index (χ1n) is 8.91. The minimum Gasteiger partial charge on any atom is -0.330 e. The molecule has 6 nitrogen and oxygen atoms in total. The van der Waals surface area contributed by atoms with Gasteiger partial charge in [-0.3, -0.25) is 9.36 Å². The highest BCUT2D eigenvalue weighted by Crippen LogP contribution is 2.16. The average Bonchev–Trinajstić information content (AvgIpc) is 3.17. The topological polar surface area (TPSA) is 57.1 Å². The fourth-order valence-corrected chi connectivity index (χ4v) is 3.19. The molecule has 0 saturated heterocycles. The molecular weight excluding hydrogens is 386 g/mol. The second-order valence-electron chi connectivity index (χ2n) is 6.55. The number of benzene rings is 1. The Morgan fingerprint density at radius 3 is 2.52 bits per heavy atom. The fraction of sp³-hybridized carbons (Fsp3) is 0.0909. The molecule has 0 aliphatic heterocycles. The van der Waals surface area contributed by atoms with Gasteiger partial charge in [-0.2, -0.15) is 0 Å². The molecule has 1 aromatic carbocycles. The summed E-state index contributed by atoms with van der Waals surface area (Å²) in [5, 5.41) is 0.475. The molecule has 0 N–H and O–H groups in total. The molecule has 4 rings (SSSR count). The van der Waals surface area contributed by atoms with Crippen LogP contribution in [0.1, 0.15) is 16.8 Å². The Labute approximate surface area is 172 Å². The number of imidazole rings is 1. The van der Waals surface area contributed by atoms with Crippen molar-refractivity contribution in [2.75, 3.05) is 0 Å². The molecule has 0 fully saturated rings. The number of halogens is 1. The number of rotatable bonds is 5. The van der Waals surface area contributed by atoms with Crippen molar-refractivity contribution in [1.82, 2.24) is 19.1 Å². The zero-order valence-corrected chi connectivity index (χ0v) is 16.1. The van der Waals surface area contributed by atoms with Gasteiger partial charge in [0.2, 0.25) is 0 Å². The maximum atomic E-state index is 12.0. The van der Waals surface area contributed by atoms with Crippen molar-refractivity contribution < 1.29 is 0 Å². The van der Waals surface area contributed by atoms with Crippen molar-refractivity contribution in [3.05, 3.63) is 117 Å². The largest absolute Gasteiger partial charge is 0.330 e. The van der Waals surface area contributed by atoms with E-state index in [2.05, 4.69) is 19.4 Å². The van der Waals surface area contributed by atoms with E-state index in [0.29, 0.717) is 23.1 Å². The predicted octanol–water partition coefficient (Wildman–Crippen LogP) is 4.27. The molecule has 0 saturated carbocycles. The Kier molecular flexibility index (Phi) is 5.23. The second-order valence-corrected chi connectivity index (χ2v) is 6.98. The second kappa shape index (κ2) is 8.13. The van der Waals surface area contributed by atoms with E-state index >= 15 is 0 Å². The quantitative estimate of drug-likeness (QED) is 0.469. The van der Waals surface area contributed by atoms with Gasteiger partial charge < -0.3 is 4.57 Å². The molecule has 0 aliphatic rings. The van der Waals surface area contributed by atoms with E-state index in [1.54, 1.807) is 30.9 Å². The number of hydrogen-bond donors (Lipinski definition) is 0. The van der Waals surface area contributed by atoms with Crippen molar-refractivity contribution in [3.8, 4) is 5.82 Å². The number of pyridine rings is 2. The third-order valence-corrected chi connectivity index (χ3v) is 4.76. The van der Waals surface area contributed by atoms with E-state index in [-0.39, 0.29) is 5.56 Å². The summed E-state index contributed by atoms with van der Waals surface area (Å²) in [5.74, 6) is 0.520. The summed E-state index contributed by atoms with van der Waals surface area (Å²) in [4.78, 5) is 24.1. The lowest BCUT2D eigenvalue weighted by molar-refractivity contribution is 0.749. The average molecular weight is 402 g/mol. The number of nitrogens with zero attached hydrogens (tertiary/aromatic N) is 5. The highest BCUT2D eigenvalue weighted by atomic mass is 35.5. The molecule has 0 spiro atoms. The van der Waals surface area contributed by atoms with Crippen LogP contribution in [0.2, 0.25) is 5.02 Å². The molecule has 0 bridgehead atoms. The van der Waals surface area contributed by atoms with Crippen LogP contribution in [-0.2, 0) is 13.0 Å². The highest BCUT2D eigenvalue weighted by Gasteiger charge is 2.07. The van der Waals surface area contributed by atoms with Crippen LogP contribution in [0, 0.1) is 6.57 Å². The van der Waals surface area contributed by atoms with E-state index in [1.807, 2.05) is 36.5 Å². The van der Waals surface area contributed by atoms with Crippen LogP contribution in [0.25, 0.3) is 10.7 Å². The summed E-state index contributed by atoms with van der Waals surface area (Å²) < 4.78 is 3.48. The Morgan fingerprint density at radius 1 is 1.00 bits per heavy atom. The Morgan fingerprint density at radius 2 is 1.79 bits per heavy atom. The molecule has 3 heterocycles. The summed E-state index contributed by atoms with van der Waals surface area (Å²) in [7, 11) is 0. The molecule has 0 unspecified atom stereocenters. The minimum atomic E-state index is -0.184. The summed E-state index contributed by atoms with van der Waals surface area (Å²) >= 11 is 5.98. The highest BCUT2D eigenvalue weighted by molar-refractivity contribution is 6.30. The lowest BCUT2D eigenvalue weighted by Crippen LogP contribution is -2.17. The molecule has 142 valence electrons. The predicted molar refractivity (Wildman–Crippen MR) is 112 cm³/mol. The van der Waals surface area contributed by atoms with Gasteiger partial charge in [-0.15, -0.1) is 0 Å². The summed E-state index contributed by atoms with van der Waals surface area (Å²) in [5.41, 5.74) is 3.62. The molecule has 7 heteroatoms. The van der Waals surface area contributed by atoms with Gasteiger partial charge in [-0.25, -0.2) is 14.8 Å². The molecule has 0 radical (unpaired) electrons. The first-order valence-corrected chi connectivity index (χ1v) is 9.29. The van der Waals surface area contributed by atoms with E-state index in [9.17, 15) is 4.79 Å². The van der Waals surface area contributed by atoms with E-state index in [4.69, 9.17) is 18.2 Å². The minimum absolute atomic E-state index is 0.184. The summed E-state index contributed by atoms with van der Waals surface area (Å²) in [6, 6.07) is 14.3. The van der Waals surface area contributed by atoms with Crippen LogP contribution in [0.5, 0.6) is 0 Å². The third-order valence-electron chi connectivity index (χ3n) is 4.53. The first kappa shape index (κ1) is 18.7. The smallest absolute Gasteiger partial charge is 0.256 e. The molecule has 29 heavy (non-hydrogen) atoms. The van der Waals surface area contributed by atoms with Crippen molar-refractivity contribution in [3.63, 3.8) is 0 Å². The number of aromatic nitrogens is 4. The maximum absolute atomic E-state index is 12.0. The van der Waals surface area contributed by atoms with Crippen molar-refractivity contribution in [2.45, 2.75) is 13.0 Å². The van der Waals surface area contributed by atoms with E-state index < -0.39 is 0 Å². The van der Waals surface area contributed by atoms with E-state index in [1.165, 1.54) is 10.6 Å². The Bertz CT molecular complexity index is 1230. The van der Waals surface area contributed by atoms with Crippen LogP contribution in [0.15, 0.2) is 78.2 Å².